The van der Waals surface area contributed by atoms with Gasteiger partial charge in [0.15, 0.2) is 0 Å². The van der Waals surface area contributed by atoms with E-state index in [4.69, 9.17) is 11.5 Å². The third kappa shape index (κ3) is 4.36. The Morgan fingerprint density at radius 3 is 2.56 bits per heavy atom. The minimum atomic E-state index is -1.14. The highest BCUT2D eigenvalue weighted by atomic mass is 16.2. The zero-order chi connectivity index (χ0) is 18.6. The van der Waals surface area contributed by atoms with Crippen molar-refractivity contribution in [3.05, 3.63) is 35.4 Å². The number of primary amides is 1. The van der Waals surface area contributed by atoms with Crippen LogP contribution in [0.15, 0.2) is 24.3 Å². The fourth-order valence-electron chi connectivity index (χ4n) is 3.16. The fourth-order valence-corrected chi connectivity index (χ4v) is 3.16. The van der Waals surface area contributed by atoms with Gasteiger partial charge in [-0.05, 0) is 36.3 Å². The van der Waals surface area contributed by atoms with Gasteiger partial charge in [0.25, 0.3) is 0 Å². The Morgan fingerprint density at radius 1 is 1.24 bits per heavy atom. The van der Waals surface area contributed by atoms with E-state index in [-0.39, 0.29) is 18.4 Å². The van der Waals surface area contributed by atoms with Gasteiger partial charge in [0.1, 0.15) is 11.6 Å². The van der Waals surface area contributed by atoms with Gasteiger partial charge in [0.05, 0.1) is 6.54 Å². The summed E-state index contributed by atoms with van der Waals surface area (Å²) in [4.78, 5) is 36.0. The molecule has 1 aliphatic carbocycles. The lowest BCUT2D eigenvalue weighted by Crippen LogP contribution is -2.56. The minimum Gasteiger partial charge on any atom is -0.368 e. The normalized spacial score (nSPS) is 20.0. The molecule has 0 aromatic heterocycles. The van der Waals surface area contributed by atoms with E-state index in [1.807, 2.05) is 38.1 Å². The lowest BCUT2D eigenvalue weighted by molar-refractivity contribution is -0.133. The van der Waals surface area contributed by atoms with Crippen LogP contribution in [0.2, 0.25) is 0 Å². The second-order valence-corrected chi connectivity index (χ2v) is 6.97. The number of rotatable bonds is 7. The highest BCUT2D eigenvalue weighted by Gasteiger charge is 2.42. The van der Waals surface area contributed by atoms with Crippen LogP contribution in [0, 0.1) is 5.92 Å². The van der Waals surface area contributed by atoms with Gasteiger partial charge in [0.2, 0.25) is 17.7 Å². The zero-order valence-corrected chi connectivity index (χ0v) is 14.7. The number of nitrogens with two attached hydrogens (primary N) is 2. The Bertz CT molecular complexity index is 674. The first-order valence-corrected chi connectivity index (χ1v) is 8.48. The summed E-state index contributed by atoms with van der Waals surface area (Å²) in [6, 6.07) is 6.82. The number of nitrogens with one attached hydrogen (secondary N) is 2. The molecular formula is C18H26N4O3. The zero-order valence-electron chi connectivity index (χ0n) is 14.7. The van der Waals surface area contributed by atoms with Crippen molar-refractivity contribution in [3.63, 3.8) is 0 Å². The van der Waals surface area contributed by atoms with E-state index in [0.29, 0.717) is 12.8 Å². The van der Waals surface area contributed by atoms with E-state index < -0.39 is 23.4 Å². The van der Waals surface area contributed by atoms with Gasteiger partial charge in [-0.15, -0.1) is 0 Å². The summed E-state index contributed by atoms with van der Waals surface area (Å²) < 4.78 is 0. The summed E-state index contributed by atoms with van der Waals surface area (Å²) >= 11 is 0. The van der Waals surface area contributed by atoms with Gasteiger partial charge in [-0.3, -0.25) is 14.4 Å². The van der Waals surface area contributed by atoms with E-state index in [1.165, 1.54) is 0 Å². The van der Waals surface area contributed by atoms with Crippen LogP contribution in [0.25, 0.3) is 0 Å². The summed E-state index contributed by atoms with van der Waals surface area (Å²) in [5, 5.41) is 5.21. The number of amides is 3. The largest absolute Gasteiger partial charge is 0.368 e. The molecular weight excluding hydrogens is 320 g/mol. The fraction of sp³-hybridized carbons (Fsp3) is 0.500. The van der Waals surface area contributed by atoms with Crippen molar-refractivity contribution in [1.29, 1.82) is 0 Å². The Hall–Kier alpha value is -2.41. The van der Waals surface area contributed by atoms with Crippen LogP contribution in [-0.2, 0) is 26.3 Å². The van der Waals surface area contributed by atoms with E-state index in [1.54, 1.807) is 0 Å². The molecule has 0 heterocycles. The molecule has 3 amide bonds. The number of aryl methyl sites for hydroxylation is 1. The monoisotopic (exact) mass is 346 g/mol. The molecule has 25 heavy (non-hydrogen) atoms. The van der Waals surface area contributed by atoms with E-state index in [0.717, 1.165) is 17.5 Å². The van der Waals surface area contributed by atoms with Gasteiger partial charge in [-0.2, -0.15) is 0 Å². The van der Waals surface area contributed by atoms with Gasteiger partial charge in [-0.25, -0.2) is 0 Å². The molecule has 1 aromatic rings. The Balaban J connectivity index is 2.14. The second kappa shape index (κ2) is 7.65. The molecule has 7 heteroatoms. The maximum absolute atomic E-state index is 12.9. The first-order valence-electron chi connectivity index (χ1n) is 8.48. The van der Waals surface area contributed by atoms with Crippen molar-refractivity contribution < 1.29 is 14.4 Å². The van der Waals surface area contributed by atoms with E-state index in [9.17, 15) is 14.4 Å². The molecule has 0 bridgehead atoms. The third-order valence-electron chi connectivity index (χ3n) is 4.46. The lowest BCUT2D eigenvalue weighted by Gasteiger charge is -2.28. The van der Waals surface area contributed by atoms with Crippen molar-refractivity contribution in [1.82, 2.24) is 10.6 Å². The molecule has 1 aliphatic rings. The van der Waals surface area contributed by atoms with Crippen LogP contribution >= 0.6 is 0 Å². The molecule has 2 rings (SSSR count). The minimum absolute atomic E-state index is 0.175. The Morgan fingerprint density at radius 2 is 1.92 bits per heavy atom. The van der Waals surface area contributed by atoms with Crippen LogP contribution in [0.4, 0.5) is 0 Å². The van der Waals surface area contributed by atoms with Gasteiger partial charge in [0, 0.05) is 0 Å². The third-order valence-corrected chi connectivity index (χ3v) is 4.46. The molecule has 7 nitrogen and oxygen atoms in total. The maximum atomic E-state index is 12.9. The predicted octanol–water partition coefficient (Wildman–Crippen LogP) is -0.0808. The SMILES string of the molecule is CC(C)C[C@H](NC(=O)C1(N)CCc2ccccc21)C(=O)NCC(N)=O. The first kappa shape index (κ1) is 18.9. The molecule has 0 saturated heterocycles. The summed E-state index contributed by atoms with van der Waals surface area (Å²) in [5.41, 5.74) is 12.2. The Kier molecular flexibility index (Phi) is 5.79. The summed E-state index contributed by atoms with van der Waals surface area (Å²) in [6.45, 7) is 3.63. The molecule has 1 unspecified atom stereocenters. The van der Waals surface area contributed by atoms with E-state index in [2.05, 4.69) is 10.6 Å². The predicted molar refractivity (Wildman–Crippen MR) is 94.2 cm³/mol. The summed E-state index contributed by atoms with van der Waals surface area (Å²) in [7, 11) is 0. The average molecular weight is 346 g/mol. The van der Waals surface area contributed by atoms with Gasteiger partial charge >= 0.3 is 0 Å². The maximum Gasteiger partial charge on any atom is 0.245 e. The topological polar surface area (TPSA) is 127 Å². The molecule has 0 radical (unpaired) electrons. The van der Waals surface area contributed by atoms with Crippen molar-refractivity contribution >= 4 is 17.7 Å². The van der Waals surface area contributed by atoms with Gasteiger partial charge < -0.3 is 22.1 Å². The highest BCUT2D eigenvalue weighted by Crippen LogP contribution is 2.35. The van der Waals surface area contributed by atoms with Crippen LogP contribution < -0.4 is 22.1 Å². The van der Waals surface area contributed by atoms with Crippen molar-refractivity contribution in [2.24, 2.45) is 17.4 Å². The number of benzene rings is 1. The molecule has 0 fully saturated rings. The number of fused-ring (bicyclic) bond motifs is 1. The smallest absolute Gasteiger partial charge is 0.245 e. The number of carbonyl (C=O) groups excluding carboxylic acids is 3. The van der Waals surface area contributed by atoms with Crippen molar-refractivity contribution in [3.8, 4) is 0 Å². The number of hydrogen-bond acceptors (Lipinski definition) is 4. The van der Waals surface area contributed by atoms with Crippen LogP contribution in [0.1, 0.15) is 37.8 Å². The van der Waals surface area contributed by atoms with Crippen molar-refractivity contribution in [2.45, 2.75) is 44.7 Å². The summed E-state index contributed by atoms with van der Waals surface area (Å²) in [6.07, 6.45) is 1.66. The highest BCUT2D eigenvalue weighted by molar-refractivity contribution is 5.94. The molecule has 0 spiro atoms. The standard InChI is InChI=1S/C18H26N4O3/c1-11(2)9-14(16(24)21-10-15(19)23)22-17(25)18(20)8-7-12-5-3-4-6-13(12)18/h3-6,11,14H,7-10,20H2,1-2H3,(H2,19,23)(H,21,24)(H,22,25)/t14-,18?/m0/s1. The number of carbonyl (C=O) groups is 3. The molecule has 6 N–H and O–H groups in total. The van der Waals surface area contributed by atoms with Crippen molar-refractivity contribution in [2.75, 3.05) is 6.54 Å². The molecule has 0 saturated carbocycles. The van der Waals surface area contributed by atoms with Crippen LogP contribution in [0.5, 0.6) is 0 Å². The van der Waals surface area contributed by atoms with E-state index >= 15 is 0 Å². The lowest BCUT2D eigenvalue weighted by atomic mass is 9.91. The molecule has 136 valence electrons. The van der Waals surface area contributed by atoms with Crippen LogP contribution in [0.3, 0.4) is 0 Å². The molecule has 1 aromatic carbocycles. The second-order valence-electron chi connectivity index (χ2n) is 6.97. The van der Waals surface area contributed by atoms with Gasteiger partial charge in [-0.1, -0.05) is 38.1 Å². The number of hydrogen-bond donors (Lipinski definition) is 4. The molecule has 0 aliphatic heterocycles. The average Bonchev–Trinajstić information content (AvgIpc) is 2.90. The van der Waals surface area contributed by atoms with Crippen LogP contribution in [-0.4, -0.2) is 30.3 Å². The first-order chi connectivity index (χ1) is 11.7. The summed E-state index contributed by atoms with van der Waals surface area (Å²) in [5.74, 6) is -1.27. The quantitative estimate of drug-likeness (QED) is 0.550. The Labute approximate surface area is 147 Å². The molecule has 2 atom stereocenters.